The maximum Gasteiger partial charge on any atom is 0.191 e. The quantitative estimate of drug-likeness (QED) is 0.756. The molecule has 2 aromatic rings. The van der Waals surface area contributed by atoms with Crippen LogP contribution in [0.1, 0.15) is 40.2 Å². The largest absolute Gasteiger partial charge is 0.483 e. The molecular weight excluding hydrogens is 340 g/mol. The van der Waals surface area contributed by atoms with Crippen LogP contribution in [0.3, 0.4) is 0 Å². The average molecular weight is 365 g/mol. The van der Waals surface area contributed by atoms with E-state index in [1.54, 1.807) is 17.1 Å². The second kappa shape index (κ2) is 8.40. The van der Waals surface area contributed by atoms with Crippen molar-refractivity contribution in [3.63, 3.8) is 0 Å². The molecule has 1 aromatic carbocycles. The van der Waals surface area contributed by atoms with Crippen LogP contribution in [0.15, 0.2) is 42.5 Å². The Hall–Kier alpha value is -2.28. The second-order valence-corrected chi connectivity index (χ2v) is 7.37. The first-order chi connectivity index (χ1) is 12.2. The van der Waals surface area contributed by atoms with E-state index in [9.17, 15) is 13.9 Å². The van der Waals surface area contributed by atoms with E-state index < -0.39 is 17.7 Å². The van der Waals surface area contributed by atoms with Gasteiger partial charge in [-0.05, 0) is 37.0 Å². The maximum absolute atomic E-state index is 13.6. The van der Waals surface area contributed by atoms with Crippen LogP contribution in [0.25, 0.3) is 0 Å². The zero-order valence-electron chi connectivity index (χ0n) is 15.5. The van der Waals surface area contributed by atoms with Crippen molar-refractivity contribution in [3.8, 4) is 5.75 Å². The zero-order valence-corrected chi connectivity index (χ0v) is 15.5. The minimum atomic E-state index is -0.736. The molecule has 0 amide bonds. The molecule has 0 saturated heterocycles. The highest BCUT2D eigenvalue weighted by atomic mass is 19.1. The van der Waals surface area contributed by atoms with E-state index in [1.807, 2.05) is 27.7 Å². The van der Waals surface area contributed by atoms with Crippen molar-refractivity contribution in [2.24, 2.45) is 5.41 Å². The van der Waals surface area contributed by atoms with Crippen molar-refractivity contribution in [1.82, 2.24) is 14.8 Å². The highest BCUT2D eigenvalue weighted by molar-refractivity contribution is 5.26. The summed E-state index contributed by atoms with van der Waals surface area (Å²) in [6.45, 7) is 7.75. The number of rotatable bonds is 7. The summed E-state index contributed by atoms with van der Waals surface area (Å²) in [6, 6.07) is 3.28. The van der Waals surface area contributed by atoms with Crippen molar-refractivity contribution >= 4 is 0 Å². The molecule has 2 unspecified atom stereocenters. The minimum Gasteiger partial charge on any atom is -0.483 e. The Bertz CT molecular complexity index is 719. The van der Waals surface area contributed by atoms with E-state index >= 15 is 0 Å². The maximum atomic E-state index is 13.6. The lowest BCUT2D eigenvalue weighted by Crippen LogP contribution is -2.36. The van der Waals surface area contributed by atoms with E-state index in [-0.39, 0.29) is 23.8 Å². The lowest BCUT2D eigenvalue weighted by atomic mass is 9.82. The summed E-state index contributed by atoms with van der Waals surface area (Å²) in [4.78, 5) is 3.95. The fourth-order valence-corrected chi connectivity index (χ4v) is 2.62. The number of aromatic nitrogens is 3. The number of halogens is 2. The van der Waals surface area contributed by atoms with Gasteiger partial charge in [0, 0.05) is 0 Å². The summed E-state index contributed by atoms with van der Waals surface area (Å²) >= 11 is 0. The second-order valence-electron chi connectivity index (χ2n) is 7.37. The molecule has 5 nitrogen and oxygen atoms in total. The van der Waals surface area contributed by atoms with Crippen molar-refractivity contribution < 1.29 is 18.6 Å². The Morgan fingerprint density at radius 1 is 1.31 bits per heavy atom. The van der Waals surface area contributed by atoms with Crippen LogP contribution in [0.2, 0.25) is 0 Å². The number of allylic oxidation sites excluding steroid dienone is 1. The number of hydrogen-bond acceptors (Lipinski definition) is 4. The normalized spacial score (nSPS) is 15.0. The number of aliphatic hydroxyl groups is 1. The first-order valence-electron chi connectivity index (χ1n) is 8.44. The third-order valence-corrected chi connectivity index (χ3v) is 4.14. The lowest BCUT2D eigenvalue weighted by molar-refractivity contribution is 0.0124. The molecule has 0 radical (unpaired) electrons. The summed E-state index contributed by atoms with van der Waals surface area (Å²) in [7, 11) is 0. The molecule has 1 aromatic heterocycles. The predicted octanol–water partition coefficient (Wildman–Crippen LogP) is 3.92. The third-order valence-electron chi connectivity index (χ3n) is 4.14. The number of nitrogens with zero attached hydrogens (tertiary/aromatic N) is 3. The third kappa shape index (κ3) is 5.11. The van der Waals surface area contributed by atoms with Gasteiger partial charge in [-0.3, -0.25) is 0 Å². The molecule has 2 atom stereocenters. The van der Waals surface area contributed by atoms with Crippen LogP contribution < -0.4 is 4.74 Å². The summed E-state index contributed by atoms with van der Waals surface area (Å²) in [5.41, 5.74) is 0.564. The minimum absolute atomic E-state index is 0.0272. The fourth-order valence-electron chi connectivity index (χ4n) is 2.62. The van der Waals surface area contributed by atoms with Gasteiger partial charge in [0.15, 0.2) is 17.4 Å². The number of hydrogen-bond donors (Lipinski definition) is 1. The Kier molecular flexibility index (Phi) is 6.47. The van der Waals surface area contributed by atoms with Gasteiger partial charge in [-0.1, -0.05) is 32.4 Å². The molecule has 0 fully saturated rings. The number of benzene rings is 1. The van der Waals surface area contributed by atoms with Gasteiger partial charge in [0.25, 0.3) is 0 Å². The van der Waals surface area contributed by atoms with Gasteiger partial charge < -0.3 is 9.84 Å². The number of aliphatic hydroxyl groups excluding tert-OH is 1. The predicted molar refractivity (Wildman–Crippen MR) is 94.7 cm³/mol. The van der Waals surface area contributed by atoms with Crippen LogP contribution >= 0.6 is 0 Å². The molecule has 1 heterocycles. The lowest BCUT2D eigenvalue weighted by Gasteiger charge is -2.33. The molecule has 26 heavy (non-hydrogen) atoms. The SMILES string of the molecule is C/C(=C\COc1c(F)cccc1F)CC(C(O)C(C)(C)C)n1cncn1. The van der Waals surface area contributed by atoms with Crippen molar-refractivity contribution in [3.05, 3.63) is 54.1 Å². The van der Waals surface area contributed by atoms with E-state index in [0.29, 0.717) is 6.42 Å². The van der Waals surface area contributed by atoms with Crippen LogP contribution in [0.5, 0.6) is 5.75 Å². The monoisotopic (exact) mass is 365 g/mol. The van der Waals surface area contributed by atoms with Gasteiger partial charge in [-0.2, -0.15) is 5.10 Å². The number of ether oxygens (including phenoxy) is 1. The van der Waals surface area contributed by atoms with E-state index in [2.05, 4.69) is 10.1 Å². The van der Waals surface area contributed by atoms with Gasteiger partial charge in [-0.15, -0.1) is 0 Å². The Labute approximate surface area is 152 Å². The van der Waals surface area contributed by atoms with Crippen LogP contribution in [-0.4, -0.2) is 32.6 Å². The van der Waals surface area contributed by atoms with Crippen molar-refractivity contribution in [1.29, 1.82) is 0 Å². The molecule has 0 aliphatic heterocycles. The molecule has 142 valence electrons. The van der Waals surface area contributed by atoms with Crippen LogP contribution in [0.4, 0.5) is 8.78 Å². The molecule has 0 aliphatic carbocycles. The molecule has 0 aliphatic rings. The van der Waals surface area contributed by atoms with E-state index in [4.69, 9.17) is 4.74 Å². The smallest absolute Gasteiger partial charge is 0.191 e. The van der Waals surface area contributed by atoms with E-state index in [1.165, 1.54) is 12.4 Å². The molecule has 0 saturated carbocycles. The Morgan fingerprint density at radius 3 is 2.50 bits per heavy atom. The molecule has 1 N–H and O–H groups in total. The highest BCUT2D eigenvalue weighted by Crippen LogP contribution is 2.31. The van der Waals surface area contributed by atoms with Gasteiger partial charge in [0.1, 0.15) is 19.3 Å². The van der Waals surface area contributed by atoms with Gasteiger partial charge in [0.2, 0.25) is 0 Å². The average Bonchev–Trinajstić information content (AvgIpc) is 3.08. The van der Waals surface area contributed by atoms with E-state index in [0.717, 1.165) is 17.7 Å². The summed E-state index contributed by atoms with van der Waals surface area (Å²) in [5, 5.41) is 14.8. The van der Waals surface area contributed by atoms with Crippen molar-refractivity contribution in [2.75, 3.05) is 6.61 Å². The highest BCUT2D eigenvalue weighted by Gasteiger charge is 2.32. The van der Waals surface area contributed by atoms with Gasteiger partial charge >= 0.3 is 0 Å². The standard InChI is InChI=1S/C19H25F2N3O2/c1-13(8-9-26-17-14(20)6-5-7-15(17)21)10-16(18(25)19(2,3)4)24-12-22-11-23-24/h5-8,11-12,16,18,25H,9-10H2,1-4H3/b13-8+. The summed E-state index contributed by atoms with van der Waals surface area (Å²) < 4.78 is 34.0. The van der Waals surface area contributed by atoms with Gasteiger partial charge in [-0.25, -0.2) is 18.4 Å². The molecular formula is C19H25F2N3O2. The molecule has 7 heteroatoms. The van der Waals surface area contributed by atoms with Crippen molar-refractivity contribution in [2.45, 2.75) is 46.3 Å². The Balaban J connectivity index is 2.07. The summed E-state index contributed by atoms with van der Waals surface area (Å²) in [5.74, 6) is -1.86. The Morgan fingerprint density at radius 2 is 1.96 bits per heavy atom. The zero-order chi connectivity index (χ0) is 19.3. The summed E-state index contributed by atoms with van der Waals surface area (Å²) in [6.07, 6.45) is 4.58. The van der Waals surface area contributed by atoms with Crippen LogP contribution in [-0.2, 0) is 0 Å². The molecule has 2 rings (SSSR count). The fraction of sp³-hybridized carbons (Fsp3) is 0.474. The number of para-hydroxylation sites is 1. The van der Waals surface area contributed by atoms with Crippen LogP contribution in [0, 0.1) is 17.0 Å². The molecule has 0 bridgehead atoms. The van der Waals surface area contributed by atoms with Gasteiger partial charge in [0.05, 0.1) is 12.1 Å². The first-order valence-corrected chi connectivity index (χ1v) is 8.44. The molecule has 0 spiro atoms. The first kappa shape index (κ1) is 20.0. The topological polar surface area (TPSA) is 60.2 Å².